The second-order valence-electron chi connectivity index (χ2n) is 12.5. The quantitative estimate of drug-likeness (QED) is 0.186. The van der Waals surface area contributed by atoms with E-state index in [2.05, 4.69) is 16.3 Å². The molecule has 46 heavy (non-hydrogen) atoms. The average molecular weight is 699 g/mol. The Morgan fingerprint density at radius 2 is 1.89 bits per heavy atom. The molecule has 1 fully saturated rings. The molecule has 2 aromatic carbocycles. The van der Waals surface area contributed by atoms with Crippen LogP contribution in [0.1, 0.15) is 90.8 Å². The number of aliphatic carboxylic acids is 1. The molecule has 12 heteroatoms. The van der Waals surface area contributed by atoms with Gasteiger partial charge in [0.1, 0.15) is 17.3 Å². The van der Waals surface area contributed by atoms with Gasteiger partial charge in [-0.3, -0.25) is 19.8 Å². The molecule has 0 saturated carbocycles. The predicted octanol–water partition coefficient (Wildman–Crippen LogP) is 5.33. The van der Waals surface area contributed by atoms with Gasteiger partial charge in [-0.05, 0) is 61.4 Å². The van der Waals surface area contributed by atoms with E-state index in [1.54, 1.807) is 24.1 Å². The van der Waals surface area contributed by atoms with E-state index in [-0.39, 0.29) is 53.4 Å². The van der Waals surface area contributed by atoms with Crippen molar-refractivity contribution in [1.29, 1.82) is 10.7 Å². The van der Waals surface area contributed by atoms with Gasteiger partial charge in [0, 0.05) is 49.8 Å². The second-order valence-corrected chi connectivity index (χ2v) is 12.5. The fourth-order valence-corrected chi connectivity index (χ4v) is 5.77. The first-order valence-corrected chi connectivity index (χ1v) is 15.4. The van der Waals surface area contributed by atoms with Crippen LogP contribution >= 0.6 is 17.0 Å². The number of unbranched alkanes of at least 4 members (excludes halogenated alkanes) is 1. The van der Waals surface area contributed by atoms with Crippen molar-refractivity contribution in [3.63, 3.8) is 0 Å². The predicted molar refractivity (Wildman–Crippen MR) is 181 cm³/mol. The van der Waals surface area contributed by atoms with Crippen LogP contribution in [0.5, 0.6) is 11.5 Å². The Morgan fingerprint density at radius 1 is 1.15 bits per heavy atom. The monoisotopic (exact) mass is 697 g/mol. The number of carboxylic acids is 1. The van der Waals surface area contributed by atoms with Gasteiger partial charge in [-0.2, -0.15) is 5.26 Å². The van der Waals surface area contributed by atoms with Gasteiger partial charge in [-0.25, -0.2) is 0 Å². The highest BCUT2D eigenvalue weighted by molar-refractivity contribution is 8.93. The zero-order valence-electron chi connectivity index (χ0n) is 27.2. The molecule has 2 heterocycles. The van der Waals surface area contributed by atoms with Crippen molar-refractivity contribution in [2.24, 2.45) is 5.92 Å². The highest BCUT2D eigenvalue weighted by atomic mass is 79.9. The van der Waals surface area contributed by atoms with Crippen LogP contribution in [-0.2, 0) is 16.8 Å². The third kappa shape index (κ3) is 8.18. The normalized spacial score (nSPS) is 15.6. The standard InChI is InChI=1S/C34H43N5O6.BrH/c1-6-44-29-15-23-19-39(32(36)24(23)16-25(29)33(43)37-5)20-28(40)22-13-26(34(2,3)4)31(45-12-8-7-9-30(41)42)27(14-22)38-11-10-21(17-35)18-38;/h13-16,21,36H,6-12,18-20H2,1-5H3,(H,37,43)(H,41,42);1H. The third-order valence-electron chi connectivity index (χ3n) is 8.19. The number of nitriles is 1. The van der Waals surface area contributed by atoms with Crippen LogP contribution in [0.3, 0.4) is 0 Å². The first-order valence-electron chi connectivity index (χ1n) is 15.4. The Kier molecular flexibility index (Phi) is 12.2. The maximum Gasteiger partial charge on any atom is 0.303 e. The molecule has 0 aliphatic carbocycles. The van der Waals surface area contributed by atoms with Crippen LogP contribution in [0.15, 0.2) is 24.3 Å². The molecule has 1 unspecified atom stereocenters. The van der Waals surface area contributed by atoms with Crippen molar-refractivity contribution in [2.45, 2.75) is 65.3 Å². The Bertz CT molecular complexity index is 1530. The second kappa shape index (κ2) is 15.5. The molecule has 4 rings (SSSR count). The Labute approximate surface area is 281 Å². The number of nitrogens with zero attached hydrogens (tertiary/aromatic N) is 3. The van der Waals surface area contributed by atoms with E-state index in [4.69, 9.17) is 20.0 Å². The van der Waals surface area contributed by atoms with Gasteiger partial charge < -0.3 is 29.7 Å². The van der Waals surface area contributed by atoms with E-state index >= 15 is 0 Å². The highest BCUT2D eigenvalue weighted by Gasteiger charge is 2.33. The van der Waals surface area contributed by atoms with Crippen molar-refractivity contribution in [1.82, 2.24) is 10.2 Å². The van der Waals surface area contributed by atoms with E-state index in [1.807, 2.05) is 39.8 Å². The molecule has 248 valence electrons. The summed E-state index contributed by atoms with van der Waals surface area (Å²) >= 11 is 0. The van der Waals surface area contributed by atoms with Crippen LogP contribution in [0.25, 0.3) is 0 Å². The van der Waals surface area contributed by atoms with E-state index < -0.39 is 11.4 Å². The fourth-order valence-electron chi connectivity index (χ4n) is 5.77. The number of fused-ring (bicyclic) bond motifs is 1. The van der Waals surface area contributed by atoms with E-state index in [9.17, 15) is 19.6 Å². The number of carbonyl (C=O) groups is 3. The van der Waals surface area contributed by atoms with E-state index in [1.165, 1.54) is 0 Å². The minimum absolute atomic E-state index is 0. The summed E-state index contributed by atoms with van der Waals surface area (Å²) in [5, 5.41) is 30.0. The van der Waals surface area contributed by atoms with Crippen LogP contribution in [0, 0.1) is 22.7 Å². The molecule has 2 aliphatic rings. The molecule has 0 spiro atoms. The van der Waals surface area contributed by atoms with Gasteiger partial charge >= 0.3 is 5.97 Å². The summed E-state index contributed by atoms with van der Waals surface area (Å²) < 4.78 is 12.1. The minimum atomic E-state index is -0.843. The molecule has 0 aromatic heterocycles. The number of hydrogen-bond acceptors (Lipinski definition) is 8. The number of amidine groups is 1. The molecule has 1 amide bonds. The molecule has 3 N–H and O–H groups in total. The summed E-state index contributed by atoms with van der Waals surface area (Å²) in [4.78, 5) is 41.2. The molecular formula is C34H44BrN5O6. The highest BCUT2D eigenvalue weighted by Crippen LogP contribution is 2.42. The number of amides is 1. The maximum absolute atomic E-state index is 13.9. The van der Waals surface area contributed by atoms with Crippen molar-refractivity contribution in [2.75, 3.05) is 44.8 Å². The molecule has 1 atom stereocenters. The molecule has 2 aromatic rings. The number of anilines is 1. The van der Waals surface area contributed by atoms with Crippen LogP contribution < -0.4 is 19.7 Å². The van der Waals surface area contributed by atoms with E-state index in [0.29, 0.717) is 80.3 Å². The van der Waals surface area contributed by atoms with Gasteiger partial charge in [0.2, 0.25) is 0 Å². The summed E-state index contributed by atoms with van der Waals surface area (Å²) in [5.41, 5.74) is 3.43. The van der Waals surface area contributed by atoms with Gasteiger partial charge in [0.05, 0.1) is 43.0 Å². The number of rotatable bonds is 13. The van der Waals surface area contributed by atoms with Crippen molar-refractivity contribution < 1.29 is 29.0 Å². The number of halogens is 1. The van der Waals surface area contributed by atoms with Crippen LogP contribution in [0.2, 0.25) is 0 Å². The number of nitrogens with one attached hydrogen (secondary N) is 2. The Morgan fingerprint density at radius 3 is 2.50 bits per heavy atom. The fraction of sp³-hybridized carbons (Fsp3) is 0.500. The SMILES string of the molecule is Br.CCOc1cc2c(cc1C(=O)NC)C(=N)N(CC(=O)c1cc(N3CCC(C#N)C3)c(OCCCCC(=O)O)c(C(C)(C)C)c1)C2. The lowest BCUT2D eigenvalue weighted by Crippen LogP contribution is -2.31. The van der Waals surface area contributed by atoms with Crippen LogP contribution in [0.4, 0.5) is 5.69 Å². The van der Waals surface area contributed by atoms with Gasteiger partial charge in [0.25, 0.3) is 5.91 Å². The molecule has 0 radical (unpaired) electrons. The van der Waals surface area contributed by atoms with Crippen molar-refractivity contribution in [3.05, 3.63) is 52.1 Å². The summed E-state index contributed by atoms with van der Waals surface area (Å²) in [6.07, 6.45) is 1.85. The lowest BCUT2D eigenvalue weighted by atomic mass is 9.84. The maximum atomic E-state index is 13.9. The van der Waals surface area contributed by atoms with E-state index in [0.717, 1.165) is 16.8 Å². The van der Waals surface area contributed by atoms with Crippen LogP contribution in [-0.4, -0.2) is 73.4 Å². The molecule has 1 saturated heterocycles. The molecular weight excluding hydrogens is 654 g/mol. The number of Topliss-reactive ketones (excluding diaryl/α,β-unsaturated/α-hetero) is 1. The smallest absolute Gasteiger partial charge is 0.303 e. The Hall–Kier alpha value is -4.11. The summed E-state index contributed by atoms with van der Waals surface area (Å²) in [7, 11) is 1.54. The lowest BCUT2D eigenvalue weighted by Gasteiger charge is -2.30. The molecule has 2 aliphatic heterocycles. The Balaban J connectivity index is 0.00000576. The summed E-state index contributed by atoms with van der Waals surface area (Å²) in [6.45, 7) is 10.2. The lowest BCUT2D eigenvalue weighted by molar-refractivity contribution is -0.137. The zero-order chi connectivity index (χ0) is 32.9. The molecule has 11 nitrogen and oxygen atoms in total. The third-order valence-corrected chi connectivity index (χ3v) is 8.19. The van der Waals surface area contributed by atoms with Crippen molar-refractivity contribution >= 4 is 46.2 Å². The number of benzene rings is 2. The van der Waals surface area contributed by atoms with Gasteiger partial charge in [-0.1, -0.05) is 20.8 Å². The number of carboxylic acid groups (broad SMARTS) is 1. The largest absolute Gasteiger partial charge is 0.493 e. The number of ketones is 1. The summed E-state index contributed by atoms with van der Waals surface area (Å²) in [5.74, 6) is -0.189. The zero-order valence-corrected chi connectivity index (χ0v) is 28.9. The summed E-state index contributed by atoms with van der Waals surface area (Å²) in [6, 6.07) is 9.48. The van der Waals surface area contributed by atoms with Gasteiger partial charge in [0.15, 0.2) is 5.78 Å². The molecule has 0 bridgehead atoms. The first kappa shape index (κ1) is 36.4. The van der Waals surface area contributed by atoms with Crippen molar-refractivity contribution in [3.8, 4) is 17.6 Å². The average Bonchev–Trinajstić information content (AvgIpc) is 3.59. The van der Waals surface area contributed by atoms with Gasteiger partial charge in [-0.15, -0.1) is 17.0 Å². The minimum Gasteiger partial charge on any atom is -0.493 e. The number of ether oxygens (including phenoxy) is 2. The first-order chi connectivity index (χ1) is 21.4. The number of hydrogen-bond donors (Lipinski definition) is 3. The topological polar surface area (TPSA) is 156 Å². The number of carbonyl (C=O) groups excluding carboxylic acids is 2.